The molecule has 2 aromatic heterocycles. The van der Waals surface area contributed by atoms with E-state index in [1.165, 1.54) is 11.3 Å². The number of aryl methyl sites for hydroxylation is 1. The maximum atomic E-state index is 13.9. The first-order valence-electron chi connectivity index (χ1n) is 12.7. The lowest BCUT2D eigenvalue weighted by Crippen LogP contribution is -2.40. The molecule has 1 aliphatic rings. The van der Waals surface area contributed by atoms with Gasteiger partial charge in [0.15, 0.2) is 4.80 Å². The Morgan fingerprint density at radius 2 is 1.77 bits per heavy atom. The van der Waals surface area contributed by atoms with E-state index in [4.69, 9.17) is 9.41 Å². The molecule has 0 radical (unpaired) electrons. The number of fused-ring (bicyclic) bond motifs is 1. The highest BCUT2D eigenvalue weighted by Gasteiger charge is 2.32. The van der Waals surface area contributed by atoms with Gasteiger partial charge in [-0.1, -0.05) is 87.4 Å². The lowest BCUT2D eigenvalue weighted by molar-refractivity contribution is -0.113. The lowest BCUT2D eigenvalue weighted by atomic mass is 9.94. The van der Waals surface area contributed by atoms with Gasteiger partial charge in [-0.05, 0) is 55.8 Å². The number of para-hydroxylation sites is 1. The summed E-state index contributed by atoms with van der Waals surface area (Å²) in [4.78, 5) is 32.8. The summed E-state index contributed by atoms with van der Waals surface area (Å²) in [5.41, 5.74) is 4.30. The Bertz CT molecular complexity index is 1950. The SMILES string of the molecule is CC1=C(C(=O)Nc2ccccc2)C(c2ccc(C)cc2)n2c(s/c(=C\c3ccc(-c4cccc(Br)c4)o3)c2=O)=N1. The van der Waals surface area contributed by atoms with Gasteiger partial charge >= 0.3 is 0 Å². The largest absolute Gasteiger partial charge is 0.457 e. The van der Waals surface area contributed by atoms with Crippen LogP contribution in [-0.2, 0) is 4.79 Å². The second kappa shape index (κ2) is 10.7. The van der Waals surface area contributed by atoms with Gasteiger partial charge in [0.25, 0.3) is 11.5 Å². The van der Waals surface area contributed by atoms with Crippen molar-refractivity contribution in [2.45, 2.75) is 19.9 Å². The van der Waals surface area contributed by atoms with Gasteiger partial charge in [-0.25, -0.2) is 4.99 Å². The summed E-state index contributed by atoms with van der Waals surface area (Å²) in [7, 11) is 0. The number of carbonyl (C=O) groups is 1. The van der Waals surface area contributed by atoms with Crippen LogP contribution in [0.15, 0.2) is 121 Å². The molecule has 8 heteroatoms. The number of hydrogen-bond donors (Lipinski definition) is 1. The fourth-order valence-electron chi connectivity index (χ4n) is 4.75. The fraction of sp³-hybridized carbons (Fsp3) is 0.0938. The van der Waals surface area contributed by atoms with Crippen molar-refractivity contribution < 1.29 is 9.21 Å². The van der Waals surface area contributed by atoms with Crippen molar-refractivity contribution in [2.24, 2.45) is 4.99 Å². The van der Waals surface area contributed by atoms with Crippen molar-refractivity contribution in [1.29, 1.82) is 0 Å². The van der Waals surface area contributed by atoms with Crippen molar-refractivity contribution in [3.63, 3.8) is 0 Å². The monoisotopic (exact) mass is 609 g/mol. The molecular weight excluding hydrogens is 586 g/mol. The maximum absolute atomic E-state index is 13.9. The average molecular weight is 611 g/mol. The van der Waals surface area contributed by atoms with E-state index in [0.29, 0.717) is 37.8 Å². The van der Waals surface area contributed by atoms with E-state index < -0.39 is 6.04 Å². The first-order valence-corrected chi connectivity index (χ1v) is 14.3. The molecule has 3 heterocycles. The third-order valence-electron chi connectivity index (χ3n) is 6.70. The Morgan fingerprint density at radius 3 is 2.52 bits per heavy atom. The molecule has 198 valence electrons. The smallest absolute Gasteiger partial charge is 0.271 e. The Labute approximate surface area is 242 Å². The summed E-state index contributed by atoms with van der Waals surface area (Å²) in [6.45, 7) is 3.82. The highest BCUT2D eigenvalue weighted by molar-refractivity contribution is 9.10. The summed E-state index contributed by atoms with van der Waals surface area (Å²) in [5.74, 6) is 0.968. The minimum absolute atomic E-state index is 0.229. The number of hydrogen-bond acceptors (Lipinski definition) is 5. The van der Waals surface area contributed by atoms with Crippen LogP contribution in [0.1, 0.15) is 29.9 Å². The summed E-state index contributed by atoms with van der Waals surface area (Å²) < 4.78 is 9.11. The molecule has 1 N–H and O–H groups in total. The Kier molecular flexibility index (Phi) is 6.96. The normalized spacial score (nSPS) is 15.1. The molecule has 6 nitrogen and oxygen atoms in total. The molecule has 1 aliphatic heterocycles. The predicted octanol–water partition coefficient (Wildman–Crippen LogP) is 6.20. The lowest BCUT2D eigenvalue weighted by Gasteiger charge is -2.25. The van der Waals surface area contributed by atoms with Crippen LogP contribution >= 0.6 is 27.3 Å². The topological polar surface area (TPSA) is 76.6 Å². The van der Waals surface area contributed by atoms with Gasteiger partial charge in [0.2, 0.25) is 0 Å². The van der Waals surface area contributed by atoms with Crippen LogP contribution in [0.2, 0.25) is 0 Å². The van der Waals surface area contributed by atoms with Crippen LogP contribution in [0.3, 0.4) is 0 Å². The zero-order valence-corrected chi connectivity index (χ0v) is 24.1. The number of nitrogens with one attached hydrogen (secondary N) is 1. The number of rotatable bonds is 5. The summed E-state index contributed by atoms with van der Waals surface area (Å²) in [6.07, 6.45) is 1.74. The quantitative estimate of drug-likeness (QED) is 0.257. The number of nitrogens with zero attached hydrogens (tertiary/aromatic N) is 2. The van der Waals surface area contributed by atoms with Gasteiger partial charge in [0.05, 0.1) is 21.8 Å². The zero-order valence-electron chi connectivity index (χ0n) is 21.7. The molecular formula is C32H24BrN3O3S. The number of aromatic nitrogens is 1. The summed E-state index contributed by atoms with van der Waals surface area (Å²) in [5, 5.41) is 2.98. The number of benzene rings is 3. The second-order valence-corrected chi connectivity index (χ2v) is 11.4. The Balaban J connectivity index is 1.45. The first-order chi connectivity index (χ1) is 19.4. The van der Waals surface area contributed by atoms with Crippen LogP contribution in [0.25, 0.3) is 17.4 Å². The zero-order chi connectivity index (χ0) is 27.8. The van der Waals surface area contributed by atoms with Crippen LogP contribution in [0.4, 0.5) is 5.69 Å². The minimum atomic E-state index is -0.628. The number of thiazole rings is 1. The van der Waals surface area contributed by atoms with E-state index >= 15 is 0 Å². The molecule has 0 saturated heterocycles. The predicted molar refractivity (Wildman–Crippen MR) is 162 cm³/mol. The first kappa shape index (κ1) is 26.0. The minimum Gasteiger partial charge on any atom is -0.457 e. The molecule has 0 saturated carbocycles. The van der Waals surface area contributed by atoms with Gasteiger partial charge in [-0.2, -0.15) is 0 Å². The van der Waals surface area contributed by atoms with Gasteiger partial charge in [0.1, 0.15) is 11.5 Å². The van der Waals surface area contributed by atoms with Crippen LogP contribution in [0, 0.1) is 6.92 Å². The molecule has 1 unspecified atom stereocenters. The number of anilines is 1. The highest BCUT2D eigenvalue weighted by Crippen LogP contribution is 2.31. The summed E-state index contributed by atoms with van der Waals surface area (Å²) >= 11 is 4.78. The highest BCUT2D eigenvalue weighted by atomic mass is 79.9. The number of carbonyl (C=O) groups excluding carboxylic acids is 1. The molecule has 1 amide bonds. The van der Waals surface area contributed by atoms with Gasteiger partial charge in [-0.15, -0.1) is 0 Å². The van der Waals surface area contributed by atoms with E-state index in [1.807, 2.05) is 105 Å². The molecule has 0 bridgehead atoms. The van der Waals surface area contributed by atoms with Gasteiger partial charge in [0, 0.05) is 21.8 Å². The Hall–Kier alpha value is -4.27. The summed E-state index contributed by atoms with van der Waals surface area (Å²) in [6, 6.07) is 28.1. The molecule has 0 spiro atoms. The third-order valence-corrected chi connectivity index (χ3v) is 8.18. The van der Waals surface area contributed by atoms with E-state index in [1.54, 1.807) is 10.6 Å². The van der Waals surface area contributed by atoms with E-state index in [0.717, 1.165) is 21.2 Å². The third kappa shape index (κ3) is 5.03. The van der Waals surface area contributed by atoms with Crippen molar-refractivity contribution in [3.8, 4) is 11.3 Å². The second-order valence-electron chi connectivity index (χ2n) is 9.53. The van der Waals surface area contributed by atoms with Crippen molar-refractivity contribution in [1.82, 2.24) is 4.57 Å². The molecule has 5 aromatic rings. The average Bonchev–Trinajstić information content (AvgIpc) is 3.53. The van der Waals surface area contributed by atoms with Gasteiger partial charge in [-0.3, -0.25) is 14.2 Å². The molecule has 3 aromatic carbocycles. The number of halogens is 1. The van der Waals surface area contributed by atoms with Crippen LogP contribution in [0.5, 0.6) is 0 Å². The molecule has 6 rings (SSSR count). The van der Waals surface area contributed by atoms with Crippen LogP contribution in [-0.4, -0.2) is 10.5 Å². The van der Waals surface area contributed by atoms with Crippen molar-refractivity contribution in [3.05, 3.63) is 143 Å². The van der Waals surface area contributed by atoms with E-state index in [2.05, 4.69) is 21.2 Å². The van der Waals surface area contributed by atoms with Crippen molar-refractivity contribution >= 4 is 44.9 Å². The molecule has 40 heavy (non-hydrogen) atoms. The Morgan fingerprint density at radius 1 is 1.00 bits per heavy atom. The molecule has 1 atom stereocenters. The molecule has 0 aliphatic carbocycles. The van der Waals surface area contributed by atoms with E-state index in [-0.39, 0.29) is 11.5 Å². The van der Waals surface area contributed by atoms with E-state index in [9.17, 15) is 9.59 Å². The number of allylic oxidation sites excluding steroid dienone is 1. The fourth-order valence-corrected chi connectivity index (χ4v) is 6.18. The molecule has 0 fully saturated rings. The van der Waals surface area contributed by atoms with Crippen LogP contribution < -0.4 is 20.2 Å². The standard InChI is InChI=1S/C32H24BrN3O3S/c1-19-11-13-21(14-12-19)29-28(30(37)35-24-9-4-3-5-10-24)20(2)34-32-36(29)31(38)27(40-32)18-25-15-16-26(39-25)22-7-6-8-23(33)17-22/h3-18,29H,1-2H3,(H,35,37)/b27-18-. The number of furan rings is 1. The maximum Gasteiger partial charge on any atom is 0.271 e. The number of amides is 1. The van der Waals surface area contributed by atoms with Crippen molar-refractivity contribution in [2.75, 3.05) is 5.32 Å². The van der Waals surface area contributed by atoms with Gasteiger partial charge < -0.3 is 9.73 Å².